The number of ether oxygens (including phenoxy) is 1. The van der Waals surface area contributed by atoms with Crippen LogP contribution in [0.4, 0.5) is 0 Å². The zero-order chi connectivity index (χ0) is 16.6. The lowest BCUT2D eigenvalue weighted by Gasteiger charge is -2.11. The van der Waals surface area contributed by atoms with E-state index in [1.165, 1.54) is 11.3 Å². The minimum atomic E-state index is 0.0517. The first-order valence-corrected chi connectivity index (χ1v) is 8.20. The molecule has 1 heterocycles. The second-order valence-electron chi connectivity index (χ2n) is 5.60. The molecule has 24 heavy (non-hydrogen) atoms. The van der Waals surface area contributed by atoms with Crippen molar-refractivity contribution in [2.75, 3.05) is 19.8 Å². The summed E-state index contributed by atoms with van der Waals surface area (Å²) in [4.78, 5) is 4.64. The summed E-state index contributed by atoms with van der Waals surface area (Å²) in [5.74, 6) is 0. The SMILES string of the molecule is OCCOCCn1cnc(-c2ccccc2)c1Cc1ccccc1. The van der Waals surface area contributed by atoms with Crippen LogP contribution in [0.25, 0.3) is 11.3 Å². The fraction of sp³-hybridized carbons (Fsp3) is 0.250. The second kappa shape index (κ2) is 8.43. The number of aromatic nitrogens is 2. The largest absolute Gasteiger partial charge is 0.394 e. The van der Waals surface area contributed by atoms with Crippen LogP contribution in [0.3, 0.4) is 0 Å². The molecule has 4 nitrogen and oxygen atoms in total. The molecule has 124 valence electrons. The van der Waals surface area contributed by atoms with Crippen LogP contribution < -0.4 is 0 Å². The average molecular weight is 322 g/mol. The molecule has 1 N–H and O–H groups in total. The molecular weight excluding hydrogens is 300 g/mol. The Balaban J connectivity index is 1.87. The zero-order valence-electron chi connectivity index (χ0n) is 13.6. The second-order valence-corrected chi connectivity index (χ2v) is 5.60. The Hall–Kier alpha value is -2.43. The van der Waals surface area contributed by atoms with Crippen LogP contribution in [-0.2, 0) is 17.7 Å². The van der Waals surface area contributed by atoms with E-state index in [2.05, 4.69) is 45.9 Å². The molecule has 0 spiro atoms. The smallest absolute Gasteiger partial charge is 0.0956 e. The van der Waals surface area contributed by atoms with Crippen molar-refractivity contribution in [3.05, 3.63) is 78.2 Å². The van der Waals surface area contributed by atoms with Gasteiger partial charge in [0, 0.05) is 24.2 Å². The Morgan fingerprint density at radius 2 is 1.62 bits per heavy atom. The molecule has 0 saturated carbocycles. The third-order valence-corrected chi connectivity index (χ3v) is 3.92. The maximum atomic E-state index is 8.82. The van der Waals surface area contributed by atoms with Crippen molar-refractivity contribution in [1.29, 1.82) is 0 Å². The van der Waals surface area contributed by atoms with Gasteiger partial charge in [0.1, 0.15) is 0 Å². The van der Waals surface area contributed by atoms with Gasteiger partial charge in [-0.3, -0.25) is 0 Å². The van der Waals surface area contributed by atoms with E-state index in [1.54, 1.807) is 0 Å². The van der Waals surface area contributed by atoms with Crippen LogP contribution in [0.2, 0.25) is 0 Å². The minimum Gasteiger partial charge on any atom is -0.394 e. The van der Waals surface area contributed by atoms with E-state index in [0.717, 1.165) is 24.2 Å². The third-order valence-electron chi connectivity index (χ3n) is 3.92. The molecule has 2 aromatic carbocycles. The lowest BCUT2D eigenvalue weighted by molar-refractivity contribution is 0.0867. The highest BCUT2D eigenvalue weighted by molar-refractivity contribution is 5.62. The summed E-state index contributed by atoms with van der Waals surface area (Å²) in [7, 11) is 0. The summed E-state index contributed by atoms with van der Waals surface area (Å²) in [6.07, 6.45) is 2.70. The van der Waals surface area contributed by atoms with Crippen molar-refractivity contribution in [1.82, 2.24) is 9.55 Å². The fourth-order valence-electron chi connectivity index (χ4n) is 2.74. The molecule has 1 aromatic heterocycles. The van der Waals surface area contributed by atoms with Crippen molar-refractivity contribution in [3.8, 4) is 11.3 Å². The van der Waals surface area contributed by atoms with Crippen molar-refractivity contribution in [2.24, 2.45) is 0 Å². The summed E-state index contributed by atoms with van der Waals surface area (Å²) in [5.41, 5.74) is 4.58. The minimum absolute atomic E-state index is 0.0517. The van der Waals surface area contributed by atoms with Gasteiger partial charge in [0.05, 0.1) is 31.8 Å². The topological polar surface area (TPSA) is 47.3 Å². The first-order valence-electron chi connectivity index (χ1n) is 8.20. The van der Waals surface area contributed by atoms with E-state index >= 15 is 0 Å². The summed E-state index contributed by atoms with van der Waals surface area (Å²) in [5, 5.41) is 8.82. The highest BCUT2D eigenvalue weighted by Crippen LogP contribution is 2.24. The first kappa shape index (κ1) is 16.4. The maximum Gasteiger partial charge on any atom is 0.0956 e. The molecule has 3 aromatic rings. The Morgan fingerprint density at radius 1 is 0.917 bits per heavy atom. The number of aliphatic hydroxyl groups excluding tert-OH is 1. The van der Waals surface area contributed by atoms with Gasteiger partial charge < -0.3 is 14.4 Å². The van der Waals surface area contributed by atoms with Crippen LogP contribution in [-0.4, -0.2) is 34.5 Å². The van der Waals surface area contributed by atoms with E-state index in [1.807, 2.05) is 30.6 Å². The Kier molecular flexibility index (Phi) is 5.77. The molecular formula is C20H22N2O2. The number of rotatable bonds is 8. The van der Waals surface area contributed by atoms with Gasteiger partial charge in [0.15, 0.2) is 0 Å². The monoisotopic (exact) mass is 322 g/mol. The third kappa shape index (κ3) is 4.10. The molecule has 0 amide bonds. The van der Waals surface area contributed by atoms with Crippen molar-refractivity contribution >= 4 is 0 Å². The molecule has 4 heteroatoms. The molecule has 0 atom stereocenters. The van der Waals surface area contributed by atoms with Gasteiger partial charge >= 0.3 is 0 Å². The molecule has 0 saturated heterocycles. The van der Waals surface area contributed by atoms with Crippen LogP contribution in [0, 0.1) is 0 Å². The number of imidazole rings is 1. The Bertz CT molecular complexity index is 739. The number of benzene rings is 2. The van der Waals surface area contributed by atoms with E-state index in [9.17, 15) is 0 Å². The van der Waals surface area contributed by atoms with Gasteiger partial charge in [-0.05, 0) is 5.56 Å². The van der Waals surface area contributed by atoms with Gasteiger partial charge in [-0.1, -0.05) is 60.7 Å². The summed E-state index contributed by atoms with van der Waals surface area (Å²) >= 11 is 0. The normalized spacial score (nSPS) is 10.9. The number of hydrogen-bond donors (Lipinski definition) is 1. The molecule has 0 aliphatic rings. The van der Waals surface area contributed by atoms with Crippen LogP contribution in [0.5, 0.6) is 0 Å². The van der Waals surface area contributed by atoms with E-state index in [4.69, 9.17) is 9.84 Å². The number of nitrogens with zero attached hydrogens (tertiary/aromatic N) is 2. The molecule has 0 fully saturated rings. The first-order chi connectivity index (χ1) is 11.9. The van der Waals surface area contributed by atoms with Gasteiger partial charge in [-0.2, -0.15) is 0 Å². The molecule has 0 unspecified atom stereocenters. The summed E-state index contributed by atoms with van der Waals surface area (Å²) in [6.45, 7) is 1.71. The lowest BCUT2D eigenvalue weighted by Crippen LogP contribution is -2.10. The fourth-order valence-corrected chi connectivity index (χ4v) is 2.74. The van der Waals surface area contributed by atoms with Crippen molar-refractivity contribution in [3.63, 3.8) is 0 Å². The quantitative estimate of drug-likeness (QED) is 0.648. The van der Waals surface area contributed by atoms with Crippen molar-refractivity contribution < 1.29 is 9.84 Å². The highest BCUT2D eigenvalue weighted by atomic mass is 16.5. The zero-order valence-corrected chi connectivity index (χ0v) is 13.6. The summed E-state index contributed by atoms with van der Waals surface area (Å²) < 4.78 is 7.55. The van der Waals surface area contributed by atoms with E-state index in [-0.39, 0.29) is 6.61 Å². The number of hydrogen-bond acceptors (Lipinski definition) is 3. The highest BCUT2D eigenvalue weighted by Gasteiger charge is 2.13. The molecule has 0 bridgehead atoms. The van der Waals surface area contributed by atoms with Gasteiger partial charge in [0.2, 0.25) is 0 Å². The Morgan fingerprint density at radius 3 is 2.33 bits per heavy atom. The predicted octanol–water partition coefficient (Wildman–Crippen LogP) is 3.15. The van der Waals surface area contributed by atoms with E-state index < -0.39 is 0 Å². The van der Waals surface area contributed by atoms with Crippen molar-refractivity contribution in [2.45, 2.75) is 13.0 Å². The maximum absolute atomic E-state index is 8.82. The van der Waals surface area contributed by atoms with Crippen LogP contribution >= 0.6 is 0 Å². The molecule has 0 aliphatic carbocycles. The van der Waals surface area contributed by atoms with Crippen LogP contribution in [0.1, 0.15) is 11.3 Å². The average Bonchev–Trinajstić information content (AvgIpc) is 3.03. The van der Waals surface area contributed by atoms with Crippen LogP contribution in [0.15, 0.2) is 67.0 Å². The van der Waals surface area contributed by atoms with Gasteiger partial charge in [-0.15, -0.1) is 0 Å². The molecule has 0 radical (unpaired) electrons. The van der Waals surface area contributed by atoms with Gasteiger partial charge in [-0.25, -0.2) is 4.98 Å². The van der Waals surface area contributed by atoms with Gasteiger partial charge in [0.25, 0.3) is 0 Å². The predicted molar refractivity (Wildman–Crippen MR) is 94.8 cm³/mol. The summed E-state index contributed by atoms with van der Waals surface area (Å²) in [6, 6.07) is 20.7. The standard InChI is InChI=1S/C20H22N2O2/c23-12-14-24-13-11-22-16-21-20(18-9-5-2-6-10-18)19(22)15-17-7-3-1-4-8-17/h1-10,16,23H,11-15H2. The molecule has 3 rings (SSSR count). The lowest BCUT2D eigenvalue weighted by atomic mass is 10.0. The molecule has 0 aliphatic heterocycles. The Labute approximate surface area is 142 Å². The number of aliphatic hydroxyl groups is 1. The van der Waals surface area contributed by atoms with E-state index in [0.29, 0.717) is 13.2 Å².